The van der Waals surface area contributed by atoms with E-state index in [0.29, 0.717) is 30.3 Å². The number of carbonyl (C=O) groups excluding carboxylic acids is 1. The molecule has 16 heavy (non-hydrogen) atoms. The van der Waals surface area contributed by atoms with Gasteiger partial charge in [-0.15, -0.1) is 0 Å². The molecule has 0 bridgehead atoms. The van der Waals surface area contributed by atoms with Crippen LogP contribution < -0.4 is 9.47 Å². The molecule has 0 saturated heterocycles. The highest BCUT2D eigenvalue weighted by atomic mass is 79.9. The van der Waals surface area contributed by atoms with Crippen LogP contribution in [0.4, 0.5) is 0 Å². The van der Waals surface area contributed by atoms with E-state index in [1.54, 1.807) is 25.3 Å². The van der Waals surface area contributed by atoms with Gasteiger partial charge in [-0.05, 0) is 28.1 Å². The van der Waals surface area contributed by atoms with Gasteiger partial charge in [-0.1, -0.05) is 6.07 Å². The number of rotatable bonds is 4. The molecule has 5 heteroatoms. The summed E-state index contributed by atoms with van der Waals surface area (Å²) in [5.41, 5.74) is 0.500. The van der Waals surface area contributed by atoms with E-state index < -0.39 is 5.01 Å². The summed E-state index contributed by atoms with van der Waals surface area (Å²) in [6, 6.07) is 5.29. The fourth-order valence-electron chi connectivity index (χ4n) is 1.49. The van der Waals surface area contributed by atoms with Crippen LogP contribution in [0.5, 0.6) is 11.5 Å². The summed E-state index contributed by atoms with van der Waals surface area (Å²) in [7, 11) is 1.60. The van der Waals surface area contributed by atoms with E-state index in [9.17, 15) is 4.79 Å². The molecule has 86 valence electrons. The number of ether oxygens (including phenoxy) is 3. The zero-order valence-electron chi connectivity index (χ0n) is 8.73. The van der Waals surface area contributed by atoms with Crippen molar-refractivity contribution in [2.24, 2.45) is 0 Å². The second kappa shape index (κ2) is 4.84. The number of halogens is 1. The summed E-state index contributed by atoms with van der Waals surface area (Å²) in [6.07, 6.45) is 0. The fraction of sp³-hybridized carbons (Fsp3) is 0.364. The molecule has 1 aliphatic rings. The Hall–Kier alpha value is -1.07. The van der Waals surface area contributed by atoms with Gasteiger partial charge in [0.25, 0.3) is 0 Å². The Morgan fingerprint density at radius 1 is 1.44 bits per heavy atom. The predicted molar refractivity (Wildman–Crippen MR) is 61.5 cm³/mol. The van der Waals surface area contributed by atoms with Crippen LogP contribution in [-0.4, -0.2) is 31.1 Å². The highest BCUT2D eigenvalue weighted by molar-refractivity contribution is 9.09. The topological polar surface area (TPSA) is 44.8 Å². The Bertz CT molecular complexity index is 405. The van der Waals surface area contributed by atoms with E-state index in [2.05, 4.69) is 15.9 Å². The van der Waals surface area contributed by atoms with Gasteiger partial charge in [-0.25, -0.2) is 0 Å². The molecule has 4 nitrogen and oxygen atoms in total. The quantitative estimate of drug-likeness (QED) is 0.627. The second-order valence-corrected chi connectivity index (χ2v) is 4.10. The van der Waals surface area contributed by atoms with Crippen molar-refractivity contribution in [2.75, 3.05) is 20.3 Å². The zero-order chi connectivity index (χ0) is 11.5. The number of carbonyl (C=O) groups is 1. The van der Waals surface area contributed by atoms with E-state index in [4.69, 9.17) is 14.2 Å². The summed E-state index contributed by atoms with van der Waals surface area (Å²) >= 11 is 3.15. The normalized spacial score (nSPS) is 18.1. The lowest BCUT2D eigenvalue weighted by Gasteiger charge is -2.07. The molecule has 1 aliphatic heterocycles. The maximum atomic E-state index is 11.8. The van der Waals surface area contributed by atoms with Crippen molar-refractivity contribution in [2.45, 2.75) is 5.01 Å². The Balaban J connectivity index is 2.21. The van der Waals surface area contributed by atoms with E-state index >= 15 is 0 Å². The number of hydrogen-bond donors (Lipinski definition) is 0. The van der Waals surface area contributed by atoms with Gasteiger partial charge in [0.1, 0.15) is 23.7 Å². The Kier molecular flexibility index (Phi) is 3.46. The highest BCUT2D eigenvalue weighted by Crippen LogP contribution is 2.37. The van der Waals surface area contributed by atoms with E-state index in [-0.39, 0.29) is 5.78 Å². The largest absolute Gasteiger partial charge is 0.490 e. The van der Waals surface area contributed by atoms with Gasteiger partial charge in [-0.3, -0.25) is 4.79 Å². The highest BCUT2D eigenvalue weighted by Gasteiger charge is 2.33. The van der Waals surface area contributed by atoms with Crippen LogP contribution >= 0.6 is 15.9 Å². The van der Waals surface area contributed by atoms with Crippen molar-refractivity contribution >= 4 is 21.7 Å². The second-order valence-electron chi connectivity index (χ2n) is 3.27. The van der Waals surface area contributed by atoms with Gasteiger partial charge < -0.3 is 14.2 Å². The lowest BCUT2D eigenvalue weighted by molar-refractivity contribution is 0.0937. The molecule has 0 spiro atoms. The molecular weight excluding hydrogens is 276 g/mol. The lowest BCUT2D eigenvalue weighted by Crippen LogP contribution is -2.12. The van der Waals surface area contributed by atoms with Crippen LogP contribution in [0.2, 0.25) is 0 Å². The van der Waals surface area contributed by atoms with Gasteiger partial charge in [-0.2, -0.15) is 0 Å². The smallest absolute Gasteiger partial charge is 0.221 e. The number of alkyl halides is 1. The molecular formula is C11H11BrO4. The maximum absolute atomic E-state index is 11.8. The van der Waals surface area contributed by atoms with Crippen LogP contribution in [0.3, 0.4) is 0 Å². The summed E-state index contributed by atoms with van der Waals surface area (Å²) in [4.78, 5) is 11.8. The third-order valence-electron chi connectivity index (χ3n) is 2.22. The Morgan fingerprint density at radius 3 is 3.00 bits per heavy atom. The molecule has 0 N–H and O–H groups in total. The van der Waals surface area contributed by atoms with Gasteiger partial charge >= 0.3 is 0 Å². The van der Waals surface area contributed by atoms with Crippen LogP contribution in [0.25, 0.3) is 0 Å². The van der Waals surface area contributed by atoms with Crippen molar-refractivity contribution in [3.8, 4) is 11.5 Å². The van der Waals surface area contributed by atoms with Gasteiger partial charge in [0.05, 0.1) is 6.61 Å². The number of hydrogen-bond acceptors (Lipinski definition) is 4. The molecule has 0 aromatic heterocycles. The first-order chi connectivity index (χ1) is 7.74. The molecule has 0 aliphatic carbocycles. The molecule has 1 heterocycles. The van der Waals surface area contributed by atoms with Crippen molar-refractivity contribution in [1.29, 1.82) is 0 Å². The third-order valence-corrected chi connectivity index (χ3v) is 2.82. The number of methoxy groups -OCH3 is 1. The van der Waals surface area contributed by atoms with E-state index in [1.165, 1.54) is 0 Å². The SMILES string of the molecule is COCCOc1cccc2c1C(=O)C(Br)O2. The fourth-order valence-corrected chi connectivity index (χ4v) is 1.92. The molecule has 0 radical (unpaired) electrons. The van der Waals surface area contributed by atoms with Crippen molar-refractivity contribution in [3.05, 3.63) is 23.8 Å². The Labute approximate surface area is 102 Å². The molecule has 1 atom stereocenters. The van der Waals surface area contributed by atoms with Crippen LogP contribution in [0.15, 0.2) is 18.2 Å². The zero-order valence-corrected chi connectivity index (χ0v) is 10.3. The summed E-state index contributed by atoms with van der Waals surface area (Å²) < 4.78 is 15.7. The minimum absolute atomic E-state index is 0.108. The van der Waals surface area contributed by atoms with Crippen molar-refractivity contribution < 1.29 is 19.0 Å². The molecule has 1 unspecified atom stereocenters. The summed E-state index contributed by atoms with van der Waals surface area (Å²) in [5.74, 6) is 0.992. The maximum Gasteiger partial charge on any atom is 0.221 e. The van der Waals surface area contributed by atoms with E-state index in [1.807, 2.05) is 0 Å². The number of Topliss-reactive ketones (excluding diaryl/α,β-unsaturated/α-hetero) is 1. The Morgan fingerprint density at radius 2 is 2.25 bits per heavy atom. The molecule has 0 amide bonds. The lowest BCUT2D eigenvalue weighted by atomic mass is 10.1. The minimum atomic E-state index is -0.602. The van der Waals surface area contributed by atoms with Crippen LogP contribution in [-0.2, 0) is 4.74 Å². The average Bonchev–Trinajstić information content (AvgIpc) is 2.56. The number of ketones is 1. The number of benzene rings is 1. The summed E-state index contributed by atoms with van der Waals surface area (Å²) in [6.45, 7) is 0.893. The molecule has 1 aromatic rings. The average molecular weight is 287 g/mol. The summed E-state index contributed by atoms with van der Waals surface area (Å²) in [5, 5.41) is -0.602. The molecule has 1 aromatic carbocycles. The monoisotopic (exact) mass is 286 g/mol. The predicted octanol–water partition coefficient (Wildman–Crippen LogP) is 2.01. The van der Waals surface area contributed by atoms with Crippen LogP contribution in [0.1, 0.15) is 10.4 Å². The standard InChI is InChI=1S/C11H11BrO4/c1-14-5-6-15-7-3-2-4-8-9(7)10(13)11(12)16-8/h2-4,11H,5-6H2,1H3. The number of fused-ring (bicyclic) bond motifs is 1. The van der Waals surface area contributed by atoms with Crippen LogP contribution in [0, 0.1) is 0 Å². The van der Waals surface area contributed by atoms with Gasteiger partial charge in [0.2, 0.25) is 10.8 Å². The minimum Gasteiger partial charge on any atom is -0.490 e. The molecule has 0 saturated carbocycles. The first-order valence-electron chi connectivity index (χ1n) is 4.83. The van der Waals surface area contributed by atoms with Gasteiger partial charge in [0, 0.05) is 7.11 Å². The first-order valence-corrected chi connectivity index (χ1v) is 5.75. The van der Waals surface area contributed by atoms with Crippen molar-refractivity contribution in [1.82, 2.24) is 0 Å². The van der Waals surface area contributed by atoms with Gasteiger partial charge in [0.15, 0.2) is 0 Å². The molecule has 2 rings (SSSR count). The third kappa shape index (κ3) is 2.05. The van der Waals surface area contributed by atoms with Crippen molar-refractivity contribution in [3.63, 3.8) is 0 Å². The molecule has 0 fully saturated rings. The first kappa shape index (κ1) is 11.4. The van der Waals surface area contributed by atoms with E-state index in [0.717, 1.165) is 0 Å².